The van der Waals surface area contributed by atoms with Gasteiger partial charge in [-0.25, -0.2) is 4.98 Å². The van der Waals surface area contributed by atoms with Gasteiger partial charge in [0.15, 0.2) is 0 Å². The van der Waals surface area contributed by atoms with Crippen LogP contribution in [0.5, 0.6) is 0 Å². The number of rotatable bonds is 3. The SMILES string of the molecule is NC(CC1CCCC1)c1nc2c3c(sc2c(=O)[nH]1)-c1cn[nH]c1CCC3. The van der Waals surface area contributed by atoms with Crippen LogP contribution in [0.1, 0.15) is 61.6 Å². The molecule has 26 heavy (non-hydrogen) atoms. The van der Waals surface area contributed by atoms with Crippen LogP contribution in [0.15, 0.2) is 11.0 Å². The maximum absolute atomic E-state index is 12.7. The maximum Gasteiger partial charge on any atom is 0.268 e. The molecule has 3 heterocycles. The summed E-state index contributed by atoms with van der Waals surface area (Å²) in [5, 5.41) is 7.29. The molecule has 7 heteroatoms. The van der Waals surface area contributed by atoms with Gasteiger partial charge in [-0.2, -0.15) is 5.10 Å². The van der Waals surface area contributed by atoms with Crippen molar-refractivity contribution in [1.29, 1.82) is 0 Å². The van der Waals surface area contributed by atoms with E-state index in [0.29, 0.717) is 16.4 Å². The summed E-state index contributed by atoms with van der Waals surface area (Å²) in [4.78, 5) is 21.7. The minimum Gasteiger partial charge on any atom is -0.321 e. The summed E-state index contributed by atoms with van der Waals surface area (Å²) in [5.41, 5.74) is 10.7. The summed E-state index contributed by atoms with van der Waals surface area (Å²) in [6.07, 6.45) is 10.8. The van der Waals surface area contributed by atoms with Gasteiger partial charge in [-0.3, -0.25) is 9.89 Å². The standard InChI is InChI=1S/C19H23N5OS/c20-13(8-10-4-1-2-5-10)18-22-15-11-6-3-7-14-12(9-21-24-14)16(11)26-17(15)19(25)23-18/h9-10,13H,1-8,20H2,(H,21,24)(H,22,23,25). The summed E-state index contributed by atoms with van der Waals surface area (Å²) >= 11 is 1.53. The van der Waals surface area contributed by atoms with E-state index >= 15 is 0 Å². The maximum atomic E-state index is 12.7. The highest BCUT2D eigenvalue weighted by Gasteiger charge is 2.25. The van der Waals surface area contributed by atoms with Crippen LogP contribution in [0, 0.1) is 5.92 Å². The molecule has 2 aliphatic carbocycles. The molecule has 136 valence electrons. The zero-order valence-electron chi connectivity index (χ0n) is 14.7. The van der Waals surface area contributed by atoms with Crippen LogP contribution in [0.25, 0.3) is 20.7 Å². The van der Waals surface area contributed by atoms with Crippen LogP contribution in [-0.2, 0) is 12.8 Å². The van der Waals surface area contributed by atoms with Crippen molar-refractivity contribution < 1.29 is 0 Å². The van der Waals surface area contributed by atoms with Gasteiger partial charge in [0.05, 0.1) is 17.8 Å². The molecule has 3 aromatic heterocycles. The third-order valence-corrected chi connectivity index (χ3v) is 7.14. The van der Waals surface area contributed by atoms with E-state index in [2.05, 4.69) is 15.2 Å². The Morgan fingerprint density at radius 3 is 2.96 bits per heavy atom. The van der Waals surface area contributed by atoms with Crippen LogP contribution in [0.3, 0.4) is 0 Å². The summed E-state index contributed by atoms with van der Waals surface area (Å²) in [7, 11) is 0. The van der Waals surface area contributed by atoms with Crippen LogP contribution in [-0.4, -0.2) is 20.2 Å². The zero-order valence-corrected chi connectivity index (χ0v) is 15.5. The Balaban J connectivity index is 1.59. The van der Waals surface area contributed by atoms with Crippen LogP contribution >= 0.6 is 11.3 Å². The normalized spacial score (nSPS) is 18.7. The van der Waals surface area contributed by atoms with E-state index < -0.39 is 0 Å². The number of aryl methyl sites for hydroxylation is 2. The molecule has 3 aromatic rings. The van der Waals surface area contributed by atoms with E-state index in [9.17, 15) is 4.79 Å². The summed E-state index contributed by atoms with van der Waals surface area (Å²) in [6, 6.07) is -0.194. The Kier molecular flexibility index (Phi) is 3.94. The van der Waals surface area contributed by atoms with E-state index in [1.165, 1.54) is 42.6 Å². The van der Waals surface area contributed by atoms with E-state index in [0.717, 1.165) is 47.3 Å². The molecular formula is C19H23N5OS. The molecular weight excluding hydrogens is 346 g/mol. The lowest BCUT2D eigenvalue weighted by molar-refractivity contribution is 0.440. The lowest BCUT2D eigenvalue weighted by atomic mass is 9.98. The Hall–Kier alpha value is -1.99. The number of hydrogen-bond donors (Lipinski definition) is 3. The highest BCUT2D eigenvalue weighted by Crippen LogP contribution is 2.41. The van der Waals surface area contributed by atoms with Crippen molar-refractivity contribution in [3.05, 3.63) is 33.6 Å². The zero-order chi connectivity index (χ0) is 17.7. The highest BCUT2D eigenvalue weighted by atomic mass is 32.1. The number of nitrogens with zero attached hydrogens (tertiary/aromatic N) is 2. The van der Waals surface area contributed by atoms with Crippen LogP contribution in [0.2, 0.25) is 0 Å². The molecule has 1 fully saturated rings. The molecule has 0 bridgehead atoms. The van der Waals surface area contributed by atoms with Crippen molar-refractivity contribution in [3.8, 4) is 10.4 Å². The molecule has 0 saturated heterocycles. The van der Waals surface area contributed by atoms with Gasteiger partial charge < -0.3 is 10.7 Å². The molecule has 5 rings (SSSR count). The monoisotopic (exact) mass is 369 g/mol. The minimum atomic E-state index is -0.194. The van der Waals surface area contributed by atoms with Gasteiger partial charge >= 0.3 is 0 Å². The summed E-state index contributed by atoms with van der Waals surface area (Å²) < 4.78 is 0.709. The number of nitrogens with two attached hydrogens (primary N) is 1. The predicted molar refractivity (Wildman–Crippen MR) is 103 cm³/mol. The average Bonchev–Trinajstić information content (AvgIpc) is 3.34. The van der Waals surface area contributed by atoms with Crippen LogP contribution < -0.4 is 11.3 Å². The lowest BCUT2D eigenvalue weighted by Gasteiger charge is -2.15. The Morgan fingerprint density at radius 1 is 1.27 bits per heavy atom. The van der Waals surface area contributed by atoms with Crippen molar-refractivity contribution >= 4 is 21.6 Å². The molecule has 0 aliphatic heterocycles. The lowest BCUT2D eigenvalue weighted by Crippen LogP contribution is -2.21. The van der Waals surface area contributed by atoms with Gasteiger partial charge in [0.25, 0.3) is 5.56 Å². The van der Waals surface area contributed by atoms with Gasteiger partial charge in [0.2, 0.25) is 0 Å². The average molecular weight is 369 g/mol. The second kappa shape index (κ2) is 6.32. The van der Waals surface area contributed by atoms with Gasteiger partial charge in [0, 0.05) is 16.1 Å². The first-order valence-corrected chi connectivity index (χ1v) is 10.4. The predicted octanol–water partition coefficient (Wildman–Crippen LogP) is 3.44. The van der Waals surface area contributed by atoms with Gasteiger partial charge in [-0.05, 0) is 37.2 Å². The second-order valence-corrected chi connectivity index (χ2v) is 8.67. The van der Waals surface area contributed by atoms with Crippen LogP contribution in [0.4, 0.5) is 0 Å². The Labute approximate surface area is 155 Å². The minimum absolute atomic E-state index is 0.0602. The van der Waals surface area contributed by atoms with Crippen molar-refractivity contribution in [3.63, 3.8) is 0 Å². The molecule has 0 spiro atoms. The van der Waals surface area contributed by atoms with Gasteiger partial charge in [0.1, 0.15) is 10.5 Å². The van der Waals surface area contributed by atoms with Crippen molar-refractivity contribution in [2.75, 3.05) is 0 Å². The second-order valence-electron chi connectivity index (χ2n) is 7.65. The fourth-order valence-corrected chi connectivity index (χ4v) is 5.75. The fraction of sp³-hybridized carbons (Fsp3) is 0.526. The third-order valence-electron chi connectivity index (χ3n) is 5.89. The van der Waals surface area contributed by atoms with E-state index in [1.54, 1.807) is 0 Å². The fourth-order valence-electron chi connectivity index (χ4n) is 4.53. The molecule has 1 saturated carbocycles. The quantitative estimate of drug-likeness (QED) is 0.658. The first-order chi connectivity index (χ1) is 12.7. The molecule has 0 aromatic carbocycles. The Bertz CT molecular complexity index is 1010. The van der Waals surface area contributed by atoms with Crippen molar-refractivity contribution in [2.24, 2.45) is 11.7 Å². The van der Waals surface area contributed by atoms with Gasteiger partial charge in [-0.1, -0.05) is 25.7 Å². The van der Waals surface area contributed by atoms with Crippen molar-refractivity contribution in [1.82, 2.24) is 20.2 Å². The molecule has 0 amide bonds. The Morgan fingerprint density at radius 2 is 2.12 bits per heavy atom. The van der Waals surface area contributed by atoms with E-state index in [-0.39, 0.29) is 11.6 Å². The number of hydrogen-bond acceptors (Lipinski definition) is 5. The number of nitrogens with one attached hydrogen (secondary N) is 2. The molecule has 4 N–H and O–H groups in total. The smallest absolute Gasteiger partial charge is 0.268 e. The van der Waals surface area contributed by atoms with Gasteiger partial charge in [-0.15, -0.1) is 11.3 Å². The summed E-state index contributed by atoms with van der Waals surface area (Å²) in [5.74, 6) is 1.31. The molecule has 2 aliphatic rings. The first-order valence-electron chi connectivity index (χ1n) is 9.54. The molecule has 6 nitrogen and oxygen atoms in total. The van der Waals surface area contributed by atoms with E-state index in [1.807, 2.05) is 6.20 Å². The van der Waals surface area contributed by atoms with E-state index in [4.69, 9.17) is 10.7 Å². The molecule has 1 atom stereocenters. The number of fused-ring (bicyclic) bond motifs is 5. The topological polar surface area (TPSA) is 100 Å². The highest BCUT2D eigenvalue weighted by molar-refractivity contribution is 7.22. The third kappa shape index (κ3) is 2.61. The number of thiophene rings is 1. The largest absolute Gasteiger partial charge is 0.321 e. The number of aromatic nitrogens is 4. The van der Waals surface area contributed by atoms with Crippen molar-refractivity contribution in [2.45, 2.75) is 57.4 Å². The first kappa shape index (κ1) is 16.2. The number of H-pyrrole nitrogens is 2. The molecule has 1 unspecified atom stereocenters. The molecule has 0 radical (unpaired) electrons. The number of aromatic amines is 2. The summed E-state index contributed by atoms with van der Waals surface area (Å²) in [6.45, 7) is 0.